The number of nitrogens with two attached hydrogens (primary N) is 1. The Balaban J connectivity index is 1.98. The fraction of sp³-hybridized carbons (Fsp3) is 0.300. The van der Waals surface area contributed by atoms with Crippen molar-refractivity contribution in [1.29, 1.82) is 0 Å². The molecule has 0 bridgehead atoms. The molecule has 1 heterocycles. The molecule has 2 N–H and O–H groups in total. The molecule has 1 aromatic heterocycles. The quantitative estimate of drug-likeness (QED) is 0.749. The van der Waals surface area contributed by atoms with E-state index in [0.717, 1.165) is 18.9 Å². The van der Waals surface area contributed by atoms with Crippen molar-refractivity contribution in [3.63, 3.8) is 0 Å². The predicted octanol–water partition coefficient (Wildman–Crippen LogP) is 4.22. The van der Waals surface area contributed by atoms with Gasteiger partial charge in [-0.1, -0.05) is 48.5 Å². The van der Waals surface area contributed by atoms with Crippen LogP contribution in [0, 0.1) is 5.92 Å². The van der Waals surface area contributed by atoms with E-state index in [0.29, 0.717) is 6.54 Å². The van der Waals surface area contributed by atoms with Gasteiger partial charge in [0.1, 0.15) is 0 Å². The van der Waals surface area contributed by atoms with E-state index in [1.54, 1.807) is 0 Å². The molecule has 1 saturated carbocycles. The summed E-state index contributed by atoms with van der Waals surface area (Å²) in [6.07, 6.45) is 3.68. The van der Waals surface area contributed by atoms with Crippen LogP contribution >= 0.6 is 0 Å². The molecule has 4 rings (SSSR count). The number of rotatable bonds is 5. The SMILES string of the molecule is NCCc1c(-c2ccccc2)c2ccccc2n1CC1CC1. The monoisotopic (exact) mass is 290 g/mol. The normalized spacial score (nSPS) is 14.6. The van der Waals surface area contributed by atoms with Crippen LogP contribution in [0.2, 0.25) is 0 Å². The maximum atomic E-state index is 5.93. The third kappa shape index (κ3) is 2.34. The van der Waals surface area contributed by atoms with E-state index in [2.05, 4.69) is 59.2 Å². The van der Waals surface area contributed by atoms with Crippen LogP contribution in [-0.2, 0) is 13.0 Å². The maximum absolute atomic E-state index is 5.93. The fourth-order valence-electron chi connectivity index (χ4n) is 3.45. The van der Waals surface area contributed by atoms with Crippen LogP contribution in [0.3, 0.4) is 0 Å². The van der Waals surface area contributed by atoms with Crippen LogP contribution in [0.15, 0.2) is 54.6 Å². The van der Waals surface area contributed by atoms with Crippen molar-refractivity contribution in [2.75, 3.05) is 6.54 Å². The highest BCUT2D eigenvalue weighted by Gasteiger charge is 2.25. The Hall–Kier alpha value is -2.06. The van der Waals surface area contributed by atoms with Gasteiger partial charge in [-0.25, -0.2) is 0 Å². The maximum Gasteiger partial charge on any atom is 0.0489 e. The minimum atomic E-state index is 0.695. The highest BCUT2D eigenvalue weighted by Crippen LogP contribution is 2.38. The van der Waals surface area contributed by atoms with Crippen molar-refractivity contribution in [2.45, 2.75) is 25.8 Å². The zero-order chi connectivity index (χ0) is 14.9. The fourth-order valence-corrected chi connectivity index (χ4v) is 3.45. The molecule has 0 amide bonds. The summed E-state index contributed by atoms with van der Waals surface area (Å²) in [7, 11) is 0. The summed E-state index contributed by atoms with van der Waals surface area (Å²) >= 11 is 0. The summed E-state index contributed by atoms with van der Waals surface area (Å²) in [6.45, 7) is 1.84. The number of para-hydroxylation sites is 1. The van der Waals surface area contributed by atoms with E-state index in [4.69, 9.17) is 5.73 Å². The number of fused-ring (bicyclic) bond motifs is 1. The van der Waals surface area contributed by atoms with Crippen LogP contribution in [0.1, 0.15) is 18.5 Å². The number of benzene rings is 2. The molecule has 1 aliphatic rings. The van der Waals surface area contributed by atoms with Gasteiger partial charge in [-0.15, -0.1) is 0 Å². The summed E-state index contributed by atoms with van der Waals surface area (Å²) in [4.78, 5) is 0. The Bertz CT molecular complexity index is 782. The summed E-state index contributed by atoms with van der Waals surface area (Å²) in [5.74, 6) is 0.857. The summed E-state index contributed by atoms with van der Waals surface area (Å²) in [5.41, 5.74) is 11.4. The number of nitrogens with zero attached hydrogens (tertiary/aromatic N) is 1. The lowest BCUT2D eigenvalue weighted by Gasteiger charge is -2.11. The van der Waals surface area contributed by atoms with Gasteiger partial charge in [-0.3, -0.25) is 0 Å². The van der Waals surface area contributed by atoms with E-state index < -0.39 is 0 Å². The molecule has 0 saturated heterocycles. The largest absolute Gasteiger partial charge is 0.344 e. The third-order valence-electron chi connectivity index (χ3n) is 4.66. The summed E-state index contributed by atoms with van der Waals surface area (Å²) in [5, 5.41) is 1.36. The standard InChI is InChI=1S/C20H22N2/c21-13-12-19-20(16-6-2-1-3-7-16)17-8-4-5-9-18(17)22(19)14-15-10-11-15/h1-9,15H,10-14,21H2. The van der Waals surface area contributed by atoms with Crippen molar-refractivity contribution in [1.82, 2.24) is 4.57 Å². The van der Waals surface area contributed by atoms with Gasteiger partial charge in [0.25, 0.3) is 0 Å². The minimum Gasteiger partial charge on any atom is -0.344 e. The van der Waals surface area contributed by atoms with Gasteiger partial charge in [0.05, 0.1) is 0 Å². The molecule has 0 spiro atoms. The average molecular weight is 290 g/mol. The lowest BCUT2D eigenvalue weighted by molar-refractivity contribution is 0.620. The number of hydrogen-bond donors (Lipinski definition) is 1. The summed E-state index contributed by atoms with van der Waals surface area (Å²) < 4.78 is 2.53. The molecule has 1 aliphatic carbocycles. The molecule has 0 radical (unpaired) electrons. The molecule has 2 heteroatoms. The van der Waals surface area contributed by atoms with E-state index in [-0.39, 0.29) is 0 Å². The van der Waals surface area contributed by atoms with Crippen molar-refractivity contribution in [3.8, 4) is 11.1 Å². The molecule has 22 heavy (non-hydrogen) atoms. The smallest absolute Gasteiger partial charge is 0.0489 e. The lowest BCUT2D eigenvalue weighted by atomic mass is 10.0. The second-order valence-electron chi connectivity index (χ2n) is 6.30. The van der Waals surface area contributed by atoms with Crippen LogP contribution in [0.25, 0.3) is 22.0 Å². The molecule has 1 fully saturated rings. The van der Waals surface area contributed by atoms with Crippen molar-refractivity contribution < 1.29 is 0 Å². The van der Waals surface area contributed by atoms with Crippen LogP contribution in [0.4, 0.5) is 0 Å². The van der Waals surface area contributed by atoms with Crippen LogP contribution in [-0.4, -0.2) is 11.1 Å². The lowest BCUT2D eigenvalue weighted by Crippen LogP contribution is -2.11. The first-order valence-corrected chi connectivity index (χ1v) is 8.24. The van der Waals surface area contributed by atoms with E-state index >= 15 is 0 Å². The second kappa shape index (κ2) is 5.62. The third-order valence-corrected chi connectivity index (χ3v) is 4.66. The highest BCUT2D eigenvalue weighted by molar-refractivity contribution is 5.98. The highest BCUT2D eigenvalue weighted by atomic mass is 15.0. The first kappa shape index (κ1) is 13.6. The number of aromatic nitrogens is 1. The van der Waals surface area contributed by atoms with E-state index in [1.165, 1.54) is 40.6 Å². The second-order valence-corrected chi connectivity index (χ2v) is 6.30. The van der Waals surface area contributed by atoms with Gasteiger partial charge in [0.2, 0.25) is 0 Å². The molecule has 2 aromatic carbocycles. The Morgan fingerprint density at radius 2 is 1.68 bits per heavy atom. The molecular weight excluding hydrogens is 268 g/mol. The zero-order valence-corrected chi connectivity index (χ0v) is 12.8. The van der Waals surface area contributed by atoms with Crippen molar-refractivity contribution >= 4 is 10.9 Å². The van der Waals surface area contributed by atoms with Gasteiger partial charge in [-0.05, 0) is 36.9 Å². The molecular formula is C20H22N2. The minimum absolute atomic E-state index is 0.695. The Kier molecular flexibility index (Phi) is 3.47. The molecule has 2 nitrogen and oxygen atoms in total. The average Bonchev–Trinajstić information content (AvgIpc) is 3.33. The van der Waals surface area contributed by atoms with E-state index in [1.807, 2.05) is 0 Å². The zero-order valence-electron chi connectivity index (χ0n) is 12.8. The van der Waals surface area contributed by atoms with Gasteiger partial charge in [-0.2, -0.15) is 0 Å². The van der Waals surface area contributed by atoms with Gasteiger partial charge in [0.15, 0.2) is 0 Å². The molecule has 0 aliphatic heterocycles. The van der Waals surface area contributed by atoms with E-state index in [9.17, 15) is 0 Å². The van der Waals surface area contributed by atoms with Crippen LogP contribution < -0.4 is 5.73 Å². The van der Waals surface area contributed by atoms with Crippen molar-refractivity contribution in [2.24, 2.45) is 11.7 Å². The van der Waals surface area contributed by atoms with Gasteiger partial charge >= 0.3 is 0 Å². The first-order chi connectivity index (χ1) is 10.9. The molecule has 0 unspecified atom stereocenters. The number of hydrogen-bond acceptors (Lipinski definition) is 1. The molecule has 112 valence electrons. The Morgan fingerprint density at radius 3 is 2.41 bits per heavy atom. The molecule has 3 aromatic rings. The predicted molar refractivity (Wildman–Crippen MR) is 92.9 cm³/mol. The van der Waals surface area contributed by atoms with Gasteiger partial charge < -0.3 is 10.3 Å². The van der Waals surface area contributed by atoms with Crippen molar-refractivity contribution in [3.05, 3.63) is 60.3 Å². The first-order valence-electron chi connectivity index (χ1n) is 8.24. The topological polar surface area (TPSA) is 30.9 Å². The summed E-state index contributed by atoms with van der Waals surface area (Å²) in [6, 6.07) is 19.5. The molecule has 0 atom stereocenters. The van der Waals surface area contributed by atoms with Crippen LogP contribution in [0.5, 0.6) is 0 Å². The Morgan fingerprint density at radius 1 is 0.955 bits per heavy atom. The Labute approximate surface area is 131 Å². The van der Waals surface area contributed by atoms with Gasteiger partial charge in [0, 0.05) is 35.1 Å².